The van der Waals surface area contributed by atoms with E-state index in [0.717, 1.165) is 5.56 Å². The van der Waals surface area contributed by atoms with E-state index in [0.29, 0.717) is 58.2 Å². The first-order valence-corrected chi connectivity index (χ1v) is 12.4. The molecule has 0 radical (unpaired) electrons. The summed E-state index contributed by atoms with van der Waals surface area (Å²) in [6.45, 7) is 0. The maximum atomic E-state index is 13.2. The predicted octanol–water partition coefficient (Wildman–Crippen LogP) is 5.32. The highest BCUT2D eigenvalue weighted by atomic mass is 19.1. The number of hydrogen-bond acceptors (Lipinski definition) is 7. The maximum absolute atomic E-state index is 13.2. The standard InChI is InChI=1S/C29H23FN6O4/c1-39-24-14-22-26(36-25(24)17-15-32-33-16-17)23(10-13-31-22)40-21-8-6-20(7-9-21)35-28(38)29(11-12-29)27(37)34-19-4-2-18(30)3-5-19/h2-10,13-16H,11-12H2,1H3,(H,32,33)(H,34,37)(H,35,38). The number of hydrogen-bond donors (Lipinski definition) is 3. The Labute approximate surface area is 227 Å². The Morgan fingerprint density at radius 3 is 2.23 bits per heavy atom. The van der Waals surface area contributed by atoms with E-state index >= 15 is 0 Å². The molecule has 3 N–H and O–H groups in total. The third-order valence-corrected chi connectivity index (χ3v) is 6.69. The summed E-state index contributed by atoms with van der Waals surface area (Å²) >= 11 is 0. The fourth-order valence-electron chi connectivity index (χ4n) is 4.30. The molecule has 2 aromatic carbocycles. The zero-order valence-corrected chi connectivity index (χ0v) is 21.3. The first-order valence-electron chi connectivity index (χ1n) is 12.4. The SMILES string of the molecule is COc1cc2nccc(Oc3ccc(NC(=O)C4(C(=O)Nc5ccc(F)cc5)CC4)cc3)c2nc1-c1cn[nH]c1. The highest BCUT2D eigenvalue weighted by Gasteiger charge is 2.56. The van der Waals surface area contributed by atoms with E-state index in [1.165, 1.54) is 24.3 Å². The molecule has 11 heteroatoms. The second-order valence-corrected chi connectivity index (χ2v) is 9.33. The van der Waals surface area contributed by atoms with Crippen LogP contribution < -0.4 is 20.1 Å². The van der Waals surface area contributed by atoms with E-state index in [4.69, 9.17) is 14.5 Å². The second-order valence-electron chi connectivity index (χ2n) is 9.33. The Morgan fingerprint density at radius 1 is 0.950 bits per heavy atom. The van der Waals surface area contributed by atoms with E-state index in [2.05, 4.69) is 25.8 Å². The minimum absolute atomic E-state index is 0.397. The summed E-state index contributed by atoms with van der Waals surface area (Å²) in [7, 11) is 1.57. The number of halogens is 1. The molecule has 0 bridgehead atoms. The Hall–Kier alpha value is -5.32. The number of benzene rings is 2. The molecule has 0 aliphatic heterocycles. The van der Waals surface area contributed by atoms with Crippen molar-refractivity contribution in [2.75, 3.05) is 17.7 Å². The van der Waals surface area contributed by atoms with Crippen molar-refractivity contribution < 1.29 is 23.5 Å². The largest absolute Gasteiger partial charge is 0.494 e. The van der Waals surface area contributed by atoms with Gasteiger partial charge in [-0.05, 0) is 61.4 Å². The normalized spacial score (nSPS) is 13.4. The Balaban J connectivity index is 1.17. The van der Waals surface area contributed by atoms with Crippen LogP contribution in [0.1, 0.15) is 12.8 Å². The van der Waals surface area contributed by atoms with Gasteiger partial charge in [0.25, 0.3) is 0 Å². The Bertz CT molecular complexity index is 1700. The van der Waals surface area contributed by atoms with Crippen molar-refractivity contribution in [1.82, 2.24) is 20.2 Å². The molecule has 5 aromatic rings. The molecular formula is C29H23FN6O4. The smallest absolute Gasteiger partial charge is 0.240 e. The lowest BCUT2D eigenvalue weighted by atomic mass is 10.0. The second kappa shape index (κ2) is 10.1. The number of aromatic amines is 1. The first-order chi connectivity index (χ1) is 19.4. The van der Waals surface area contributed by atoms with Gasteiger partial charge in [-0.25, -0.2) is 9.37 Å². The van der Waals surface area contributed by atoms with E-state index in [1.54, 1.807) is 62.1 Å². The molecule has 0 unspecified atom stereocenters. The number of methoxy groups -OCH3 is 1. The Morgan fingerprint density at radius 2 is 1.62 bits per heavy atom. The fraction of sp³-hybridized carbons (Fsp3) is 0.138. The molecule has 0 saturated heterocycles. The van der Waals surface area contributed by atoms with Crippen LogP contribution in [-0.2, 0) is 9.59 Å². The summed E-state index contributed by atoms with van der Waals surface area (Å²) < 4.78 is 24.8. The monoisotopic (exact) mass is 538 g/mol. The van der Waals surface area contributed by atoms with E-state index < -0.39 is 23.0 Å². The maximum Gasteiger partial charge on any atom is 0.240 e. The van der Waals surface area contributed by atoms with Crippen LogP contribution in [0.4, 0.5) is 15.8 Å². The number of pyridine rings is 2. The van der Waals surface area contributed by atoms with Gasteiger partial charge in [-0.2, -0.15) is 5.10 Å². The van der Waals surface area contributed by atoms with Gasteiger partial charge in [0.1, 0.15) is 33.9 Å². The van der Waals surface area contributed by atoms with Gasteiger partial charge >= 0.3 is 0 Å². The number of carbonyl (C=O) groups is 2. The number of anilines is 2. The topological polar surface area (TPSA) is 131 Å². The number of rotatable bonds is 8. The molecule has 40 heavy (non-hydrogen) atoms. The van der Waals surface area contributed by atoms with Crippen molar-refractivity contribution in [2.24, 2.45) is 5.41 Å². The van der Waals surface area contributed by atoms with Gasteiger partial charge in [0.05, 0.1) is 18.8 Å². The van der Waals surface area contributed by atoms with Gasteiger partial charge in [-0.15, -0.1) is 0 Å². The zero-order valence-electron chi connectivity index (χ0n) is 21.3. The first kappa shape index (κ1) is 25.0. The van der Waals surface area contributed by atoms with Crippen molar-refractivity contribution in [1.29, 1.82) is 0 Å². The average Bonchev–Trinajstić information content (AvgIpc) is 3.62. The average molecular weight is 539 g/mol. The van der Waals surface area contributed by atoms with Gasteiger partial charge in [-0.1, -0.05) is 0 Å². The van der Waals surface area contributed by atoms with Crippen molar-refractivity contribution in [3.8, 4) is 28.5 Å². The summed E-state index contributed by atoms with van der Waals surface area (Å²) in [5, 5.41) is 12.3. The third-order valence-electron chi connectivity index (χ3n) is 6.69. The molecule has 3 aromatic heterocycles. The van der Waals surface area contributed by atoms with Crippen LogP contribution in [0.5, 0.6) is 17.2 Å². The van der Waals surface area contributed by atoms with Gasteiger partial charge < -0.3 is 20.1 Å². The van der Waals surface area contributed by atoms with Crippen LogP contribution in [0.2, 0.25) is 0 Å². The molecular weight excluding hydrogens is 515 g/mol. The number of H-pyrrole nitrogens is 1. The van der Waals surface area contributed by atoms with Crippen LogP contribution in [0.15, 0.2) is 79.3 Å². The molecule has 3 heterocycles. The summed E-state index contributed by atoms with van der Waals surface area (Å²) in [5.74, 6) is 0.341. The molecule has 2 amide bonds. The zero-order chi connectivity index (χ0) is 27.7. The molecule has 10 nitrogen and oxygen atoms in total. The van der Waals surface area contributed by atoms with Gasteiger partial charge in [0.2, 0.25) is 11.8 Å². The number of amides is 2. The number of fused-ring (bicyclic) bond motifs is 1. The van der Waals surface area contributed by atoms with Crippen molar-refractivity contribution in [2.45, 2.75) is 12.8 Å². The molecule has 1 saturated carbocycles. The predicted molar refractivity (Wildman–Crippen MR) is 146 cm³/mol. The van der Waals surface area contributed by atoms with Gasteiger partial charge in [0, 0.05) is 41.5 Å². The van der Waals surface area contributed by atoms with Gasteiger partial charge in [0.15, 0.2) is 5.75 Å². The number of nitrogens with zero attached hydrogens (tertiary/aromatic N) is 3. The van der Waals surface area contributed by atoms with Crippen LogP contribution in [0.25, 0.3) is 22.3 Å². The lowest BCUT2D eigenvalue weighted by Gasteiger charge is -2.16. The summed E-state index contributed by atoms with van der Waals surface area (Å²) in [6.07, 6.45) is 5.86. The van der Waals surface area contributed by atoms with Crippen LogP contribution >= 0.6 is 0 Å². The summed E-state index contributed by atoms with van der Waals surface area (Å²) in [6, 6.07) is 15.7. The van der Waals surface area contributed by atoms with Crippen molar-refractivity contribution in [3.05, 3.63) is 85.1 Å². The van der Waals surface area contributed by atoms with Crippen LogP contribution in [0, 0.1) is 11.2 Å². The number of nitrogens with one attached hydrogen (secondary N) is 3. The lowest BCUT2D eigenvalue weighted by Crippen LogP contribution is -2.35. The van der Waals surface area contributed by atoms with Crippen LogP contribution in [-0.4, -0.2) is 39.1 Å². The Kier molecular flexibility index (Phi) is 6.31. The quantitative estimate of drug-likeness (QED) is 0.228. The number of carbonyl (C=O) groups excluding carboxylic acids is 2. The highest BCUT2D eigenvalue weighted by molar-refractivity contribution is 6.16. The lowest BCUT2D eigenvalue weighted by molar-refractivity contribution is -0.131. The molecule has 0 spiro atoms. The van der Waals surface area contributed by atoms with E-state index in [1.807, 2.05) is 0 Å². The van der Waals surface area contributed by atoms with E-state index in [-0.39, 0.29) is 0 Å². The molecule has 6 rings (SSSR count). The number of aromatic nitrogens is 4. The summed E-state index contributed by atoms with van der Waals surface area (Å²) in [5.41, 5.74) is 2.28. The summed E-state index contributed by atoms with van der Waals surface area (Å²) in [4.78, 5) is 34.9. The number of ether oxygens (including phenoxy) is 2. The van der Waals surface area contributed by atoms with E-state index in [9.17, 15) is 14.0 Å². The molecule has 200 valence electrons. The fourth-order valence-corrected chi connectivity index (χ4v) is 4.30. The molecule has 1 aliphatic rings. The highest BCUT2D eigenvalue weighted by Crippen LogP contribution is 2.47. The minimum atomic E-state index is -1.15. The van der Waals surface area contributed by atoms with Gasteiger partial charge in [-0.3, -0.25) is 19.7 Å². The van der Waals surface area contributed by atoms with Crippen molar-refractivity contribution in [3.63, 3.8) is 0 Å². The minimum Gasteiger partial charge on any atom is -0.494 e. The molecule has 0 atom stereocenters. The molecule has 1 aliphatic carbocycles. The van der Waals surface area contributed by atoms with Crippen molar-refractivity contribution >= 4 is 34.2 Å². The molecule has 1 fully saturated rings. The van der Waals surface area contributed by atoms with Crippen LogP contribution in [0.3, 0.4) is 0 Å². The third kappa shape index (κ3) is 4.80.